The average Bonchev–Trinajstić information content (AvgIpc) is 3.29. The Morgan fingerprint density at radius 1 is 0.972 bits per heavy atom. The lowest BCUT2D eigenvalue weighted by Crippen LogP contribution is -2.38. The molecule has 3 N–H and O–H groups in total. The molecule has 0 saturated heterocycles. The van der Waals surface area contributed by atoms with Gasteiger partial charge in [0.25, 0.3) is 0 Å². The molecule has 0 aliphatic carbocycles. The topological polar surface area (TPSA) is 74.3 Å². The van der Waals surface area contributed by atoms with Gasteiger partial charge in [0.1, 0.15) is 24.2 Å². The van der Waals surface area contributed by atoms with E-state index in [2.05, 4.69) is 10.3 Å². The van der Waals surface area contributed by atoms with Crippen molar-refractivity contribution in [3.63, 3.8) is 0 Å². The van der Waals surface area contributed by atoms with Gasteiger partial charge in [0, 0.05) is 41.2 Å². The summed E-state index contributed by atoms with van der Waals surface area (Å²) in [7, 11) is 0. The SMILES string of the molecule is O=C(O)C(Cc1c[nH]c2ccccc12)NCc1c(OCc2c(F)cccc2Cl)ccc2ccccc12. The van der Waals surface area contributed by atoms with Crippen molar-refractivity contribution in [1.29, 1.82) is 0 Å². The molecule has 36 heavy (non-hydrogen) atoms. The number of carboxylic acids is 1. The Labute approximate surface area is 212 Å². The van der Waals surface area contributed by atoms with E-state index in [4.69, 9.17) is 16.3 Å². The number of hydrogen-bond acceptors (Lipinski definition) is 3. The van der Waals surface area contributed by atoms with Gasteiger partial charge in [0.15, 0.2) is 0 Å². The zero-order valence-corrected chi connectivity index (χ0v) is 20.1. The summed E-state index contributed by atoms with van der Waals surface area (Å²) in [6.45, 7) is 0.204. The van der Waals surface area contributed by atoms with Gasteiger partial charge in [-0.25, -0.2) is 4.39 Å². The van der Waals surface area contributed by atoms with Crippen LogP contribution in [-0.4, -0.2) is 22.1 Å². The predicted molar refractivity (Wildman–Crippen MR) is 140 cm³/mol. The highest BCUT2D eigenvalue weighted by molar-refractivity contribution is 6.31. The van der Waals surface area contributed by atoms with Crippen LogP contribution < -0.4 is 10.1 Å². The normalized spacial score (nSPS) is 12.2. The van der Waals surface area contributed by atoms with E-state index < -0.39 is 17.8 Å². The third-order valence-electron chi connectivity index (χ3n) is 6.35. The first-order valence-electron chi connectivity index (χ1n) is 11.6. The Balaban J connectivity index is 1.41. The number of carbonyl (C=O) groups is 1. The van der Waals surface area contributed by atoms with Gasteiger partial charge in [-0.1, -0.05) is 66.2 Å². The second kappa shape index (κ2) is 10.4. The summed E-state index contributed by atoms with van der Waals surface area (Å²) < 4.78 is 20.3. The predicted octanol–water partition coefficient (Wildman–Crippen LogP) is 6.48. The molecule has 182 valence electrons. The summed E-state index contributed by atoms with van der Waals surface area (Å²) in [5, 5.41) is 16.4. The molecule has 0 fully saturated rings. The van der Waals surface area contributed by atoms with Crippen molar-refractivity contribution in [2.24, 2.45) is 0 Å². The van der Waals surface area contributed by atoms with Gasteiger partial charge < -0.3 is 14.8 Å². The van der Waals surface area contributed by atoms with Gasteiger partial charge in [-0.3, -0.25) is 10.1 Å². The van der Waals surface area contributed by atoms with Crippen LogP contribution in [0.25, 0.3) is 21.7 Å². The monoisotopic (exact) mass is 502 g/mol. The molecular formula is C29H24ClFN2O3. The van der Waals surface area contributed by atoms with Crippen molar-refractivity contribution in [1.82, 2.24) is 10.3 Å². The summed E-state index contributed by atoms with van der Waals surface area (Å²) in [4.78, 5) is 15.4. The number of halogens is 2. The van der Waals surface area contributed by atoms with Crippen LogP contribution in [0, 0.1) is 5.82 Å². The van der Waals surface area contributed by atoms with Crippen LogP contribution in [0.5, 0.6) is 5.75 Å². The van der Waals surface area contributed by atoms with Crippen molar-refractivity contribution in [2.45, 2.75) is 25.6 Å². The fourth-order valence-corrected chi connectivity index (χ4v) is 4.66. The van der Waals surface area contributed by atoms with E-state index in [-0.39, 0.29) is 18.7 Å². The molecule has 1 heterocycles. The van der Waals surface area contributed by atoms with E-state index in [0.29, 0.717) is 17.2 Å². The van der Waals surface area contributed by atoms with Gasteiger partial charge >= 0.3 is 5.97 Å². The maximum Gasteiger partial charge on any atom is 0.321 e. The summed E-state index contributed by atoms with van der Waals surface area (Å²) >= 11 is 6.18. The number of para-hydroxylation sites is 1. The number of carboxylic acid groups (broad SMARTS) is 1. The number of H-pyrrole nitrogens is 1. The Bertz CT molecular complexity index is 1530. The first-order chi connectivity index (χ1) is 17.5. The number of fused-ring (bicyclic) bond motifs is 2. The molecule has 0 spiro atoms. The number of rotatable bonds is 9. The van der Waals surface area contributed by atoms with Gasteiger partial charge in [0.05, 0.1) is 5.02 Å². The highest BCUT2D eigenvalue weighted by Gasteiger charge is 2.21. The number of aromatic nitrogens is 1. The lowest BCUT2D eigenvalue weighted by Gasteiger charge is -2.19. The number of hydrogen-bond donors (Lipinski definition) is 3. The third-order valence-corrected chi connectivity index (χ3v) is 6.71. The van der Waals surface area contributed by atoms with Gasteiger partial charge in [0.2, 0.25) is 0 Å². The van der Waals surface area contributed by atoms with Crippen LogP contribution in [0.15, 0.2) is 85.1 Å². The molecular weight excluding hydrogens is 479 g/mol. The minimum absolute atomic E-state index is 0.0471. The molecule has 1 atom stereocenters. The van der Waals surface area contributed by atoms with Crippen molar-refractivity contribution in [3.8, 4) is 5.75 Å². The molecule has 7 heteroatoms. The van der Waals surface area contributed by atoms with E-state index in [9.17, 15) is 14.3 Å². The van der Waals surface area contributed by atoms with Crippen LogP contribution >= 0.6 is 11.6 Å². The third kappa shape index (κ3) is 4.91. The van der Waals surface area contributed by atoms with Crippen LogP contribution in [0.4, 0.5) is 4.39 Å². The molecule has 1 unspecified atom stereocenters. The van der Waals surface area contributed by atoms with E-state index in [1.165, 1.54) is 6.07 Å². The lowest BCUT2D eigenvalue weighted by atomic mass is 10.0. The standard InChI is InChI=1S/C29H24ClFN2O3/c30-24-9-5-10-25(31)23(24)17-36-28-13-12-18-6-1-2-7-20(18)22(28)16-33-27(29(34)35)14-19-15-32-26-11-4-3-8-21(19)26/h1-13,15,27,32-33H,14,16-17H2,(H,34,35). The summed E-state index contributed by atoms with van der Waals surface area (Å²) in [6.07, 6.45) is 2.16. The fourth-order valence-electron chi connectivity index (χ4n) is 4.45. The Kier molecular flexibility index (Phi) is 6.89. The molecule has 5 aromatic rings. The smallest absolute Gasteiger partial charge is 0.321 e. The second-order valence-electron chi connectivity index (χ2n) is 8.59. The van der Waals surface area contributed by atoms with Gasteiger partial charge in [-0.05, 0) is 40.6 Å². The molecule has 0 aliphatic rings. The molecule has 0 amide bonds. The van der Waals surface area contributed by atoms with Crippen LogP contribution in [0.1, 0.15) is 16.7 Å². The molecule has 1 aromatic heterocycles. The van der Waals surface area contributed by atoms with Gasteiger partial charge in [-0.15, -0.1) is 0 Å². The largest absolute Gasteiger partial charge is 0.488 e. The highest BCUT2D eigenvalue weighted by atomic mass is 35.5. The van der Waals surface area contributed by atoms with E-state index in [0.717, 1.165) is 32.8 Å². The Morgan fingerprint density at radius 2 is 1.75 bits per heavy atom. The number of aromatic amines is 1. The molecule has 0 saturated carbocycles. The maximum absolute atomic E-state index is 14.3. The zero-order valence-electron chi connectivity index (χ0n) is 19.3. The summed E-state index contributed by atoms with van der Waals surface area (Å²) in [6, 6.07) is 23.1. The second-order valence-corrected chi connectivity index (χ2v) is 8.99. The first-order valence-corrected chi connectivity index (χ1v) is 12.0. The molecule has 0 radical (unpaired) electrons. The summed E-state index contributed by atoms with van der Waals surface area (Å²) in [5.74, 6) is -0.842. The Morgan fingerprint density at radius 3 is 2.56 bits per heavy atom. The average molecular weight is 503 g/mol. The van der Waals surface area contributed by atoms with Crippen molar-refractivity contribution in [2.75, 3.05) is 0 Å². The number of aliphatic carboxylic acids is 1. The first kappa shape index (κ1) is 23.9. The zero-order chi connectivity index (χ0) is 25.1. The molecule has 0 aliphatic heterocycles. The van der Waals surface area contributed by atoms with Crippen molar-refractivity contribution >= 4 is 39.2 Å². The van der Waals surface area contributed by atoms with Crippen molar-refractivity contribution in [3.05, 3.63) is 113 Å². The fraction of sp³-hybridized carbons (Fsp3) is 0.138. The van der Waals surface area contributed by atoms with Crippen LogP contribution in [0.2, 0.25) is 5.02 Å². The quantitative estimate of drug-likeness (QED) is 0.216. The van der Waals surface area contributed by atoms with E-state index in [1.54, 1.807) is 12.1 Å². The minimum atomic E-state index is -0.943. The number of nitrogens with one attached hydrogen (secondary N) is 2. The van der Waals surface area contributed by atoms with Crippen LogP contribution in [0.3, 0.4) is 0 Å². The van der Waals surface area contributed by atoms with E-state index >= 15 is 0 Å². The summed E-state index contributed by atoms with van der Waals surface area (Å²) in [5.41, 5.74) is 2.96. The Hall–Kier alpha value is -3.87. The number of benzene rings is 4. The van der Waals surface area contributed by atoms with Gasteiger partial charge in [-0.2, -0.15) is 0 Å². The molecule has 0 bridgehead atoms. The molecule has 5 nitrogen and oxygen atoms in total. The number of ether oxygens (including phenoxy) is 1. The highest BCUT2D eigenvalue weighted by Crippen LogP contribution is 2.30. The van der Waals surface area contributed by atoms with Crippen molar-refractivity contribution < 1.29 is 19.0 Å². The molecule has 4 aromatic carbocycles. The van der Waals surface area contributed by atoms with Crippen LogP contribution in [-0.2, 0) is 24.4 Å². The maximum atomic E-state index is 14.3. The lowest BCUT2D eigenvalue weighted by molar-refractivity contribution is -0.139. The molecule has 5 rings (SSSR count). The minimum Gasteiger partial charge on any atom is -0.488 e. The van der Waals surface area contributed by atoms with E-state index in [1.807, 2.05) is 66.9 Å².